The summed E-state index contributed by atoms with van der Waals surface area (Å²) < 4.78 is 0. The zero-order valence-electron chi connectivity index (χ0n) is 47.3. The van der Waals surface area contributed by atoms with E-state index in [4.69, 9.17) is 17.2 Å². The number of hydrogen-bond donors (Lipinski definition) is 17. The molecule has 20 N–H and O–H groups in total. The van der Waals surface area contributed by atoms with Gasteiger partial charge in [-0.2, -0.15) is 0 Å². The third-order valence-electron chi connectivity index (χ3n) is 15.1. The molecule has 0 saturated carbocycles. The van der Waals surface area contributed by atoms with Gasteiger partial charge in [-0.3, -0.25) is 43.2 Å². The first kappa shape index (κ1) is 68.2. The molecule has 0 aliphatic carbocycles. The van der Waals surface area contributed by atoms with E-state index in [1.807, 2.05) is 0 Å². The minimum atomic E-state index is -1.89. The van der Waals surface area contributed by atoms with E-state index in [-0.39, 0.29) is 63.1 Å². The average molecular weight is 1200 g/mol. The van der Waals surface area contributed by atoms with E-state index in [0.717, 1.165) is 16.7 Å². The number of benzene rings is 2. The van der Waals surface area contributed by atoms with Crippen LogP contribution in [-0.4, -0.2) is 239 Å². The number of carboxylic acids is 1. The number of aromatic hydroxyl groups is 2. The Balaban J connectivity index is 1.35. The molecule has 30 heteroatoms. The van der Waals surface area contributed by atoms with Crippen LogP contribution in [0.1, 0.15) is 82.3 Å². The van der Waals surface area contributed by atoms with Crippen molar-refractivity contribution >= 4 is 59.1 Å². The first-order chi connectivity index (χ1) is 40.4. The smallest absolute Gasteiger partial charge is 0.326 e. The number of aliphatic carboxylic acids is 1. The summed E-state index contributed by atoms with van der Waals surface area (Å²) in [5, 5.41) is 97.4. The predicted octanol–water partition coefficient (Wildman–Crippen LogP) is -6.26. The lowest BCUT2D eigenvalue weighted by Crippen LogP contribution is -2.62. The van der Waals surface area contributed by atoms with Gasteiger partial charge >= 0.3 is 5.97 Å². The van der Waals surface area contributed by atoms with Crippen LogP contribution in [0, 0.1) is 0 Å². The van der Waals surface area contributed by atoms with Crippen LogP contribution in [0.4, 0.5) is 0 Å². The SMILES string of the molecule is C[C@@H](O)[C@H](NC(=O)[C@@H]1C[C@@H](O)CN1C(=O)[C@H](Cc1ccc(O)cc1)NC(=O)[C@H](CO)NC(=O)[C@@H]1CCCN1C(=O)[C@H](CCCCN)NC(=O)[C@@H](N)CO)C(=O)N[C@@H](Cc1ccc(O)cc1)C(=O)N1C[C@H](O)C[C@H]1C(=O)N[C@@H](CCCCN)C(=O)O. The van der Waals surface area contributed by atoms with Gasteiger partial charge < -0.3 is 105 Å². The van der Waals surface area contributed by atoms with E-state index < -0.39 is 171 Å². The number of unbranched alkanes of at least 4 members (excludes halogenated alkanes) is 2. The van der Waals surface area contributed by atoms with Gasteiger partial charge in [-0.25, -0.2) is 4.79 Å². The Morgan fingerprint density at radius 1 is 0.553 bits per heavy atom. The Labute approximate surface area is 490 Å². The van der Waals surface area contributed by atoms with Gasteiger partial charge in [0.15, 0.2) is 0 Å². The molecule has 0 bridgehead atoms. The number of nitrogens with zero attached hydrogens (tertiary/aromatic N) is 3. The molecule has 3 fully saturated rings. The maximum atomic E-state index is 14.8. The minimum absolute atomic E-state index is 0.0171. The van der Waals surface area contributed by atoms with E-state index in [9.17, 15) is 88.8 Å². The highest BCUT2D eigenvalue weighted by atomic mass is 16.4. The van der Waals surface area contributed by atoms with Crippen molar-refractivity contribution in [2.24, 2.45) is 17.2 Å². The molecule has 0 aromatic heterocycles. The monoisotopic (exact) mass is 1200 g/mol. The second-order valence-electron chi connectivity index (χ2n) is 21.6. The molecule has 0 spiro atoms. The molecule has 470 valence electrons. The van der Waals surface area contributed by atoms with Crippen LogP contribution in [0.2, 0.25) is 0 Å². The van der Waals surface area contributed by atoms with Gasteiger partial charge in [0, 0.05) is 45.3 Å². The van der Waals surface area contributed by atoms with Crippen molar-refractivity contribution in [1.82, 2.24) is 46.6 Å². The molecule has 3 saturated heterocycles. The number of likely N-dealkylation sites (tertiary alicyclic amines) is 3. The Morgan fingerprint density at radius 3 is 1.45 bits per heavy atom. The summed E-state index contributed by atoms with van der Waals surface area (Å²) in [7, 11) is 0. The Bertz CT molecular complexity index is 2630. The first-order valence-corrected chi connectivity index (χ1v) is 28.3. The minimum Gasteiger partial charge on any atom is -0.508 e. The molecule has 13 atom stereocenters. The normalized spacial score (nSPS) is 21.3. The van der Waals surface area contributed by atoms with Crippen LogP contribution < -0.4 is 49.1 Å². The number of aliphatic hydroxyl groups is 5. The topological polar surface area (TPSA) is 492 Å². The highest BCUT2D eigenvalue weighted by Gasteiger charge is 2.46. The fourth-order valence-electron chi connectivity index (χ4n) is 10.4. The van der Waals surface area contributed by atoms with Crippen molar-refractivity contribution in [2.45, 2.75) is 163 Å². The van der Waals surface area contributed by atoms with Gasteiger partial charge in [0.1, 0.15) is 71.9 Å². The number of carbonyl (C=O) groups excluding carboxylic acids is 9. The number of phenols is 2. The summed E-state index contributed by atoms with van der Waals surface area (Å²) in [6.07, 6.45) is -3.37. The summed E-state index contributed by atoms with van der Waals surface area (Å²) in [5.74, 6) is -10.1. The number of carbonyl (C=O) groups is 10. The van der Waals surface area contributed by atoms with Crippen molar-refractivity contribution in [3.63, 3.8) is 0 Å². The van der Waals surface area contributed by atoms with Crippen LogP contribution in [0.15, 0.2) is 48.5 Å². The van der Waals surface area contributed by atoms with Crippen molar-refractivity contribution in [3.8, 4) is 11.5 Å². The lowest BCUT2D eigenvalue weighted by atomic mass is 10.0. The first-order valence-electron chi connectivity index (χ1n) is 28.3. The Morgan fingerprint density at radius 2 is 0.988 bits per heavy atom. The van der Waals surface area contributed by atoms with Crippen molar-refractivity contribution < 1.29 is 88.8 Å². The van der Waals surface area contributed by atoms with E-state index in [2.05, 4.69) is 31.9 Å². The third kappa shape index (κ3) is 19.2. The van der Waals surface area contributed by atoms with Gasteiger partial charge in [-0.1, -0.05) is 24.3 Å². The van der Waals surface area contributed by atoms with E-state index in [1.165, 1.54) is 53.4 Å². The van der Waals surface area contributed by atoms with Crippen LogP contribution in [0.3, 0.4) is 0 Å². The average Bonchev–Trinajstić information content (AvgIpc) is 4.17. The number of rotatable bonds is 31. The number of carboxylic acid groups (broad SMARTS) is 1. The molecule has 5 rings (SSSR count). The molecular formula is C55H82N12O18. The molecule has 85 heavy (non-hydrogen) atoms. The Kier molecular flexibility index (Phi) is 26.2. The summed E-state index contributed by atoms with van der Waals surface area (Å²) in [5.41, 5.74) is 17.6. The number of nitrogens with two attached hydrogens (primary N) is 3. The maximum Gasteiger partial charge on any atom is 0.326 e. The second kappa shape index (κ2) is 32.6. The fraction of sp³-hybridized carbons (Fsp3) is 0.600. The lowest BCUT2D eigenvalue weighted by molar-refractivity contribution is -0.145. The number of nitrogens with one attached hydrogen (secondary N) is 6. The highest BCUT2D eigenvalue weighted by molar-refractivity contribution is 5.99. The van der Waals surface area contributed by atoms with Gasteiger partial charge in [0.05, 0.1) is 31.5 Å². The van der Waals surface area contributed by atoms with Gasteiger partial charge in [-0.15, -0.1) is 0 Å². The molecule has 0 unspecified atom stereocenters. The molecule has 2 aromatic carbocycles. The number of phenolic OH excluding ortho intramolecular Hbond substituents is 2. The molecular weight excluding hydrogens is 1120 g/mol. The summed E-state index contributed by atoms with van der Waals surface area (Å²) in [6, 6.07) is -3.96. The third-order valence-corrected chi connectivity index (χ3v) is 15.1. The molecule has 30 nitrogen and oxygen atoms in total. The van der Waals surface area contributed by atoms with Crippen LogP contribution >= 0.6 is 0 Å². The largest absolute Gasteiger partial charge is 0.508 e. The standard InChI is InChI=1S/C55H82N12O18/c1-29(70)45(51(80)62-40(22-31-12-16-33(72)17-13-31)54(83)66-25-34(73)23-43(66)49(78)60-38(55(84)85)8-3-5-19-57)64-50(79)44-24-35(74)26-67(44)53(82)39(21-30-10-14-32(71)15-11-30)61-47(76)41(28-69)63-48(77)42-9-6-20-65(42)52(81)37(7-2-4-18-56)59-46(75)36(58)27-68/h10-17,29,34-45,68-74H,2-9,18-28,56-58H2,1H3,(H,59,75)(H,60,78)(H,61,76)(H,62,80)(H,63,77)(H,64,79)(H,84,85)/t29-,34-,35-,36+,37+,38+,39+,40+,41+,42+,43+,44+,45+/m1/s1. The Hall–Kier alpha value is -7.58. The van der Waals surface area contributed by atoms with E-state index in [1.54, 1.807) is 0 Å². The second-order valence-corrected chi connectivity index (χ2v) is 21.6. The van der Waals surface area contributed by atoms with Gasteiger partial charge in [0.25, 0.3) is 0 Å². The zero-order chi connectivity index (χ0) is 62.7. The van der Waals surface area contributed by atoms with Crippen molar-refractivity contribution in [3.05, 3.63) is 59.7 Å². The molecule has 3 heterocycles. The molecule has 2 aromatic rings. The maximum absolute atomic E-state index is 14.8. The number of β-amino-alcohol motifs (C(OH)–C–C–N with tert-alkyl or cyclic N) is 2. The quantitative estimate of drug-likeness (QED) is 0.0312. The van der Waals surface area contributed by atoms with Gasteiger partial charge in [-0.05, 0) is 107 Å². The molecule has 0 radical (unpaired) electrons. The van der Waals surface area contributed by atoms with Crippen LogP contribution in [-0.2, 0) is 60.8 Å². The predicted molar refractivity (Wildman–Crippen MR) is 299 cm³/mol. The number of amides is 9. The van der Waals surface area contributed by atoms with Crippen LogP contribution in [0.25, 0.3) is 0 Å². The summed E-state index contributed by atoms with van der Waals surface area (Å²) in [4.78, 5) is 141. The van der Waals surface area contributed by atoms with Crippen LogP contribution in [0.5, 0.6) is 11.5 Å². The van der Waals surface area contributed by atoms with E-state index in [0.29, 0.717) is 49.8 Å². The molecule has 9 amide bonds. The lowest BCUT2D eigenvalue weighted by Gasteiger charge is -2.32. The van der Waals surface area contributed by atoms with Crippen molar-refractivity contribution in [2.75, 3.05) is 45.9 Å². The zero-order valence-corrected chi connectivity index (χ0v) is 47.3. The van der Waals surface area contributed by atoms with Crippen molar-refractivity contribution in [1.29, 1.82) is 0 Å². The number of hydrogen-bond acceptors (Lipinski definition) is 20. The highest BCUT2D eigenvalue weighted by Crippen LogP contribution is 2.25. The summed E-state index contributed by atoms with van der Waals surface area (Å²) >= 11 is 0. The molecule has 3 aliphatic rings. The van der Waals surface area contributed by atoms with E-state index >= 15 is 0 Å². The fourth-order valence-corrected chi connectivity index (χ4v) is 10.4. The summed E-state index contributed by atoms with van der Waals surface area (Å²) in [6.45, 7) is -0.854. The van der Waals surface area contributed by atoms with Gasteiger partial charge in [0.2, 0.25) is 53.2 Å². The molecule has 3 aliphatic heterocycles. The number of aliphatic hydroxyl groups excluding tert-OH is 5.